The van der Waals surface area contributed by atoms with Crippen LogP contribution in [0.5, 0.6) is 5.75 Å². The number of hydrogen-bond acceptors (Lipinski definition) is 2. The van der Waals surface area contributed by atoms with Crippen molar-refractivity contribution in [3.63, 3.8) is 0 Å². The normalized spacial score (nSPS) is 28.9. The topological polar surface area (TPSA) is 21.3 Å². The van der Waals surface area contributed by atoms with Crippen molar-refractivity contribution in [1.29, 1.82) is 0 Å². The van der Waals surface area contributed by atoms with E-state index >= 15 is 0 Å². The van der Waals surface area contributed by atoms with Crippen molar-refractivity contribution in [2.75, 3.05) is 20.7 Å². The van der Waals surface area contributed by atoms with Gasteiger partial charge >= 0.3 is 0 Å². The molecule has 1 aromatic rings. The quantitative estimate of drug-likeness (QED) is 0.813. The molecule has 2 atom stereocenters. The van der Waals surface area contributed by atoms with Crippen LogP contribution in [-0.2, 0) is 5.41 Å². The van der Waals surface area contributed by atoms with Gasteiger partial charge in [0.15, 0.2) is 0 Å². The van der Waals surface area contributed by atoms with Crippen molar-refractivity contribution in [3.05, 3.63) is 29.8 Å². The molecular formula is C13H19NO. The van der Waals surface area contributed by atoms with Crippen molar-refractivity contribution >= 4 is 0 Å². The van der Waals surface area contributed by atoms with Gasteiger partial charge in [0.25, 0.3) is 0 Å². The van der Waals surface area contributed by atoms with Crippen LogP contribution in [0.2, 0.25) is 0 Å². The monoisotopic (exact) mass is 205 g/mol. The molecular weight excluding hydrogens is 186 g/mol. The zero-order chi connectivity index (χ0) is 10.9. The van der Waals surface area contributed by atoms with E-state index in [0.717, 1.165) is 18.2 Å². The largest absolute Gasteiger partial charge is 0.497 e. The molecule has 0 saturated heterocycles. The van der Waals surface area contributed by atoms with Crippen LogP contribution in [0.15, 0.2) is 24.3 Å². The summed E-state index contributed by atoms with van der Waals surface area (Å²) in [6.45, 7) is 3.46. The third-order valence-electron chi connectivity index (χ3n) is 3.61. The smallest absolute Gasteiger partial charge is 0.118 e. The van der Waals surface area contributed by atoms with Crippen molar-refractivity contribution in [1.82, 2.24) is 5.32 Å². The highest BCUT2D eigenvalue weighted by Gasteiger charge is 2.50. The fraction of sp³-hybridized carbons (Fsp3) is 0.538. The fourth-order valence-corrected chi connectivity index (χ4v) is 2.32. The van der Waals surface area contributed by atoms with Gasteiger partial charge in [-0.25, -0.2) is 0 Å². The van der Waals surface area contributed by atoms with Crippen molar-refractivity contribution in [2.24, 2.45) is 5.92 Å². The predicted molar refractivity (Wildman–Crippen MR) is 62.4 cm³/mol. The van der Waals surface area contributed by atoms with Gasteiger partial charge in [-0.15, -0.1) is 0 Å². The molecule has 1 N–H and O–H groups in total. The summed E-state index contributed by atoms with van der Waals surface area (Å²) in [5.74, 6) is 1.73. The van der Waals surface area contributed by atoms with Gasteiger partial charge in [-0.05, 0) is 49.0 Å². The molecule has 1 aromatic carbocycles. The van der Waals surface area contributed by atoms with Crippen LogP contribution in [-0.4, -0.2) is 20.7 Å². The Labute approximate surface area is 91.6 Å². The number of ether oxygens (including phenoxy) is 1. The summed E-state index contributed by atoms with van der Waals surface area (Å²) < 4.78 is 5.16. The molecule has 1 fully saturated rings. The predicted octanol–water partition coefficient (Wildman–Crippen LogP) is 2.19. The fourth-order valence-electron chi connectivity index (χ4n) is 2.32. The Morgan fingerprint density at radius 1 is 1.40 bits per heavy atom. The zero-order valence-corrected chi connectivity index (χ0v) is 9.71. The Balaban J connectivity index is 2.10. The van der Waals surface area contributed by atoms with Crippen molar-refractivity contribution in [2.45, 2.75) is 18.8 Å². The van der Waals surface area contributed by atoms with Crippen molar-refractivity contribution in [3.8, 4) is 5.75 Å². The van der Waals surface area contributed by atoms with Crippen LogP contribution in [0.4, 0.5) is 0 Å². The lowest BCUT2D eigenvalue weighted by molar-refractivity contribution is 0.414. The number of hydrogen-bond donors (Lipinski definition) is 1. The number of rotatable bonds is 4. The molecule has 0 spiro atoms. The summed E-state index contributed by atoms with van der Waals surface area (Å²) >= 11 is 0. The summed E-state index contributed by atoms with van der Waals surface area (Å²) in [6, 6.07) is 8.48. The minimum Gasteiger partial charge on any atom is -0.497 e. The van der Waals surface area contributed by atoms with Gasteiger partial charge < -0.3 is 10.1 Å². The molecule has 2 rings (SSSR count). The highest BCUT2D eigenvalue weighted by molar-refractivity contribution is 5.36. The summed E-state index contributed by atoms with van der Waals surface area (Å²) in [5, 5.41) is 3.25. The van der Waals surface area contributed by atoms with Crippen LogP contribution in [0.25, 0.3) is 0 Å². The molecule has 0 radical (unpaired) electrons. The minimum absolute atomic E-state index is 0.384. The Kier molecular flexibility index (Phi) is 2.70. The van der Waals surface area contributed by atoms with Crippen molar-refractivity contribution < 1.29 is 4.74 Å². The molecule has 0 amide bonds. The minimum atomic E-state index is 0.384. The second-order valence-corrected chi connectivity index (χ2v) is 4.60. The first-order valence-electron chi connectivity index (χ1n) is 5.50. The van der Waals surface area contributed by atoms with E-state index in [1.54, 1.807) is 7.11 Å². The molecule has 0 aliphatic heterocycles. The first-order chi connectivity index (χ1) is 7.20. The average molecular weight is 205 g/mol. The Morgan fingerprint density at radius 3 is 2.60 bits per heavy atom. The highest BCUT2D eigenvalue weighted by atomic mass is 16.5. The lowest BCUT2D eigenvalue weighted by Gasteiger charge is -2.12. The number of benzene rings is 1. The van der Waals surface area contributed by atoms with Crippen LogP contribution in [0.1, 0.15) is 18.9 Å². The molecule has 1 saturated carbocycles. The van der Waals surface area contributed by atoms with E-state index < -0.39 is 0 Å². The molecule has 0 bridgehead atoms. The van der Waals surface area contributed by atoms with E-state index in [1.165, 1.54) is 12.0 Å². The molecule has 82 valence electrons. The average Bonchev–Trinajstić information content (AvgIpc) is 2.92. The summed E-state index contributed by atoms with van der Waals surface area (Å²) in [4.78, 5) is 0. The summed E-state index contributed by atoms with van der Waals surface area (Å²) in [5.41, 5.74) is 1.82. The first kappa shape index (κ1) is 10.5. The van der Waals surface area contributed by atoms with E-state index in [0.29, 0.717) is 5.41 Å². The summed E-state index contributed by atoms with van der Waals surface area (Å²) in [7, 11) is 3.73. The Bertz CT molecular complexity index is 333. The lowest BCUT2D eigenvalue weighted by atomic mass is 9.95. The van der Waals surface area contributed by atoms with E-state index in [-0.39, 0.29) is 0 Å². The van der Waals surface area contributed by atoms with Crippen LogP contribution in [0.3, 0.4) is 0 Å². The van der Waals surface area contributed by atoms with Gasteiger partial charge in [-0.2, -0.15) is 0 Å². The molecule has 0 aromatic heterocycles. The maximum absolute atomic E-state index is 5.16. The van der Waals surface area contributed by atoms with Gasteiger partial charge in [0, 0.05) is 0 Å². The highest BCUT2D eigenvalue weighted by Crippen LogP contribution is 2.53. The standard InChI is InChI=1S/C13H19NO/c1-13(8-11(13)9-14-2)10-4-6-12(15-3)7-5-10/h4-7,11,14H,8-9H2,1-3H3. The van der Waals surface area contributed by atoms with Gasteiger partial charge in [0.2, 0.25) is 0 Å². The van der Waals surface area contributed by atoms with Crippen LogP contribution in [0, 0.1) is 5.92 Å². The first-order valence-corrected chi connectivity index (χ1v) is 5.50. The van der Waals surface area contributed by atoms with Crippen LogP contribution >= 0.6 is 0 Å². The van der Waals surface area contributed by atoms with Gasteiger partial charge in [-0.3, -0.25) is 0 Å². The number of methoxy groups -OCH3 is 1. The maximum Gasteiger partial charge on any atom is 0.118 e. The van der Waals surface area contributed by atoms with Gasteiger partial charge in [0.1, 0.15) is 5.75 Å². The molecule has 15 heavy (non-hydrogen) atoms. The zero-order valence-electron chi connectivity index (χ0n) is 9.71. The second kappa shape index (κ2) is 3.86. The van der Waals surface area contributed by atoms with Gasteiger partial charge in [0.05, 0.1) is 7.11 Å². The van der Waals surface area contributed by atoms with E-state index in [9.17, 15) is 0 Å². The third-order valence-corrected chi connectivity index (χ3v) is 3.61. The number of nitrogens with one attached hydrogen (secondary N) is 1. The van der Waals surface area contributed by atoms with E-state index in [2.05, 4.69) is 36.5 Å². The lowest BCUT2D eigenvalue weighted by Crippen LogP contribution is -2.15. The maximum atomic E-state index is 5.16. The SMILES string of the molecule is CNCC1CC1(C)c1ccc(OC)cc1. The molecule has 0 heterocycles. The molecule has 2 unspecified atom stereocenters. The second-order valence-electron chi connectivity index (χ2n) is 4.60. The van der Waals surface area contributed by atoms with Gasteiger partial charge in [-0.1, -0.05) is 19.1 Å². The van der Waals surface area contributed by atoms with Crippen LogP contribution < -0.4 is 10.1 Å². The molecule has 2 nitrogen and oxygen atoms in total. The summed E-state index contributed by atoms with van der Waals surface area (Å²) in [6.07, 6.45) is 1.29. The van der Waals surface area contributed by atoms with E-state index in [1.807, 2.05) is 7.05 Å². The van der Waals surface area contributed by atoms with E-state index in [4.69, 9.17) is 4.74 Å². The molecule has 1 aliphatic rings. The molecule has 2 heteroatoms. The Hall–Kier alpha value is -1.02. The molecule has 1 aliphatic carbocycles. The Morgan fingerprint density at radius 2 is 2.07 bits per heavy atom. The third kappa shape index (κ3) is 1.86.